The van der Waals surface area contributed by atoms with Crippen LogP contribution in [0, 0.1) is 22.0 Å². The van der Waals surface area contributed by atoms with Crippen LogP contribution in [0.2, 0.25) is 0 Å². The first-order valence-corrected chi connectivity index (χ1v) is 8.65. The molecule has 0 radical (unpaired) electrons. The van der Waals surface area contributed by atoms with Crippen LogP contribution in [-0.4, -0.2) is 24.1 Å². The zero-order valence-electron chi connectivity index (χ0n) is 13.9. The third-order valence-electron chi connectivity index (χ3n) is 4.68. The Morgan fingerprint density at radius 2 is 2.08 bits per heavy atom. The minimum absolute atomic E-state index is 0.000463. The van der Waals surface area contributed by atoms with E-state index in [9.17, 15) is 14.9 Å². The van der Waals surface area contributed by atoms with Crippen molar-refractivity contribution in [2.24, 2.45) is 11.8 Å². The number of carbonyl (C=O) groups is 1. The van der Waals surface area contributed by atoms with Crippen molar-refractivity contribution in [3.05, 3.63) is 33.9 Å². The fourth-order valence-electron chi connectivity index (χ4n) is 2.81. The van der Waals surface area contributed by atoms with E-state index in [1.165, 1.54) is 6.07 Å². The predicted molar refractivity (Wildman–Crippen MR) is 88.0 cm³/mol. The highest BCUT2D eigenvalue weighted by Gasteiger charge is 2.34. The Labute approximate surface area is 141 Å². The van der Waals surface area contributed by atoms with E-state index in [0.717, 1.165) is 31.2 Å². The molecule has 24 heavy (non-hydrogen) atoms. The lowest BCUT2D eigenvalue weighted by molar-refractivity contribution is -0.385. The maximum Gasteiger partial charge on any atom is 0.310 e. The smallest absolute Gasteiger partial charge is 0.310 e. The first-order chi connectivity index (χ1) is 11.6. The van der Waals surface area contributed by atoms with Crippen molar-refractivity contribution in [1.82, 2.24) is 0 Å². The Bertz CT molecular complexity index is 622. The molecule has 1 aromatic carbocycles. The lowest BCUT2D eigenvalue weighted by atomic mass is 9.94. The summed E-state index contributed by atoms with van der Waals surface area (Å²) < 4.78 is 11.0. The second-order valence-electron chi connectivity index (χ2n) is 6.72. The van der Waals surface area contributed by atoms with Gasteiger partial charge in [-0.15, -0.1) is 0 Å². The van der Waals surface area contributed by atoms with Gasteiger partial charge in [-0.3, -0.25) is 14.9 Å². The minimum Gasteiger partial charge on any atom is -0.487 e. The topological polar surface area (TPSA) is 78.7 Å². The first-order valence-electron chi connectivity index (χ1n) is 8.65. The van der Waals surface area contributed by atoms with Gasteiger partial charge in [-0.05, 0) is 49.1 Å². The van der Waals surface area contributed by atoms with Crippen molar-refractivity contribution < 1.29 is 19.2 Å². The number of hydrogen-bond acceptors (Lipinski definition) is 5. The number of nitro groups is 1. The van der Waals surface area contributed by atoms with Gasteiger partial charge in [-0.1, -0.05) is 13.0 Å². The number of ether oxygens (including phenoxy) is 2. The Morgan fingerprint density at radius 1 is 1.33 bits per heavy atom. The van der Waals surface area contributed by atoms with Crippen LogP contribution in [0.4, 0.5) is 5.69 Å². The molecule has 0 saturated heterocycles. The monoisotopic (exact) mass is 333 g/mol. The molecule has 0 heterocycles. The Morgan fingerprint density at radius 3 is 2.67 bits per heavy atom. The van der Waals surface area contributed by atoms with Gasteiger partial charge in [0.1, 0.15) is 0 Å². The summed E-state index contributed by atoms with van der Waals surface area (Å²) in [5.74, 6) is 1.21. The summed E-state index contributed by atoms with van der Waals surface area (Å²) >= 11 is 0. The van der Waals surface area contributed by atoms with Crippen LogP contribution >= 0.6 is 0 Å². The van der Waals surface area contributed by atoms with Crippen LogP contribution in [0.15, 0.2) is 18.2 Å². The fourth-order valence-corrected chi connectivity index (χ4v) is 2.81. The highest BCUT2D eigenvalue weighted by atomic mass is 16.6. The van der Waals surface area contributed by atoms with E-state index in [-0.39, 0.29) is 17.6 Å². The zero-order chi connectivity index (χ0) is 17.1. The lowest BCUT2D eigenvalue weighted by Gasteiger charge is -2.18. The van der Waals surface area contributed by atoms with E-state index >= 15 is 0 Å². The number of carbonyl (C=O) groups excluding carboxylic acids is 1. The number of nitro benzene ring substituents is 1. The van der Waals surface area contributed by atoms with Crippen molar-refractivity contribution in [1.29, 1.82) is 0 Å². The average Bonchev–Trinajstić information content (AvgIpc) is 3.46. The quantitative estimate of drug-likeness (QED) is 0.390. The van der Waals surface area contributed by atoms with Crippen molar-refractivity contribution in [3.63, 3.8) is 0 Å². The van der Waals surface area contributed by atoms with Crippen molar-refractivity contribution in [3.8, 4) is 5.75 Å². The third kappa shape index (κ3) is 4.24. The van der Waals surface area contributed by atoms with Gasteiger partial charge in [0.05, 0.1) is 18.1 Å². The second kappa shape index (κ2) is 7.20. The third-order valence-corrected chi connectivity index (χ3v) is 4.68. The number of rotatable bonds is 9. The maximum atomic E-state index is 11.4. The largest absolute Gasteiger partial charge is 0.487 e. The summed E-state index contributed by atoms with van der Waals surface area (Å²) in [6.07, 6.45) is 4.82. The number of benzene rings is 1. The van der Waals surface area contributed by atoms with Crippen LogP contribution in [0.1, 0.15) is 50.5 Å². The van der Waals surface area contributed by atoms with Gasteiger partial charge in [0.15, 0.2) is 5.75 Å². The highest BCUT2D eigenvalue weighted by molar-refractivity contribution is 5.68. The summed E-state index contributed by atoms with van der Waals surface area (Å²) in [6, 6.07) is 5.04. The van der Waals surface area contributed by atoms with Gasteiger partial charge in [0.25, 0.3) is 0 Å². The predicted octanol–water partition coefficient (Wildman–Crippen LogP) is 3.83. The summed E-state index contributed by atoms with van der Waals surface area (Å²) in [6.45, 7) is 2.63. The van der Waals surface area contributed by atoms with Crippen LogP contribution < -0.4 is 4.74 Å². The molecule has 0 amide bonds. The zero-order valence-corrected chi connectivity index (χ0v) is 13.9. The van der Waals surface area contributed by atoms with E-state index in [1.807, 2.05) is 0 Å². The van der Waals surface area contributed by atoms with E-state index in [2.05, 4.69) is 0 Å². The lowest BCUT2D eigenvalue weighted by Crippen LogP contribution is -2.14. The molecule has 6 nitrogen and oxygen atoms in total. The van der Waals surface area contributed by atoms with Crippen molar-refractivity contribution in [2.45, 2.75) is 44.9 Å². The van der Waals surface area contributed by atoms with Gasteiger partial charge < -0.3 is 9.47 Å². The molecule has 2 aliphatic rings. The summed E-state index contributed by atoms with van der Waals surface area (Å²) in [7, 11) is 0. The summed E-state index contributed by atoms with van der Waals surface area (Å²) in [5, 5.41) is 11.2. The van der Waals surface area contributed by atoms with Crippen molar-refractivity contribution >= 4 is 11.7 Å². The van der Waals surface area contributed by atoms with Crippen LogP contribution in [0.5, 0.6) is 5.75 Å². The average molecular weight is 333 g/mol. The molecule has 1 atom stereocenters. The van der Waals surface area contributed by atoms with Crippen LogP contribution in [0.3, 0.4) is 0 Å². The molecule has 1 aromatic rings. The molecule has 0 aromatic heterocycles. The molecule has 0 aliphatic heterocycles. The fraction of sp³-hybridized carbons (Fsp3) is 0.611. The summed E-state index contributed by atoms with van der Waals surface area (Å²) in [4.78, 5) is 22.3. The molecule has 2 aliphatic carbocycles. The minimum atomic E-state index is -0.407. The summed E-state index contributed by atoms with van der Waals surface area (Å²) in [5.41, 5.74) is 0.956. The number of nitrogens with zero attached hydrogens (tertiary/aromatic N) is 1. The van der Waals surface area contributed by atoms with Crippen LogP contribution in [-0.2, 0) is 9.53 Å². The van der Waals surface area contributed by atoms with E-state index in [4.69, 9.17) is 9.47 Å². The number of esters is 1. The van der Waals surface area contributed by atoms with E-state index < -0.39 is 4.92 Å². The Balaban J connectivity index is 1.77. The first kappa shape index (κ1) is 16.7. The van der Waals surface area contributed by atoms with E-state index in [1.54, 1.807) is 19.1 Å². The second-order valence-corrected chi connectivity index (χ2v) is 6.72. The van der Waals surface area contributed by atoms with Crippen molar-refractivity contribution in [2.75, 3.05) is 13.2 Å². The molecule has 0 N–H and O–H groups in total. The molecule has 130 valence electrons. The Hall–Kier alpha value is -2.11. The molecular formula is C18H23NO5. The molecule has 2 fully saturated rings. The molecule has 2 saturated carbocycles. The SMILES string of the molecule is CCC(=O)OCC(c1ccc([N+](=O)[O-])c(OCC2CC2)c1)C1CC1. The maximum absolute atomic E-state index is 11.4. The number of hydrogen-bond donors (Lipinski definition) is 0. The van der Waals surface area contributed by atoms with Gasteiger partial charge >= 0.3 is 11.7 Å². The van der Waals surface area contributed by atoms with Gasteiger partial charge in [-0.25, -0.2) is 0 Å². The van der Waals surface area contributed by atoms with E-state index in [0.29, 0.717) is 37.2 Å². The molecule has 1 unspecified atom stereocenters. The molecule has 0 bridgehead atoms. The normalized spacial score (nSPS) is 18.0. The molecule has 3 rings (SSSR count). The van der Waals surface area contributed by atoms with Gasteiger partial charge in [0, 0.05) is 18.4 Å². The molecule has 6 heteroatoms. The molecular weight excluding hydrogens is 310 g/mol. The highest BCUT2D eigenvalue weighted by Crippen LogP contribution is 2.44. The van der Waals surface area contributed by atoms with Gasteiger partial charge in [-0.2, -0.15) is 0 Å². The molecule has 0 spiro atoms. The van der Waals surface area contributed by atoms with Gasteiger partial charge in [0.2, 0.25) is 0 Å². The Kier molecular flexibility index (Phi) is 5.02. The standard InChI is InChI=1S/C18H23NO5/c1-2-18(20)24-11-15(13-5-6-13)14-7-8-16(19(21)22)17(9-14)23-10-12-3-4-12/h7-9,12-13,15H,2-6,10-11H2,1H3. The van der Waals surface area contributed by atoms with Crippen LogP contribution in [0.25, 0.3) is 0 Å².